The van der Waals surface area contributed by atoms with Gasteiger partial charge in [-0.2, -0.15) is 4.31 Å². The molecular weight excluding hydrogens is 390 g/mol. The number of carbonyl (C=O) groups excluding carboxylic acids is 1. The van der Waals surface area contributed by atoms with E-state index < -0.39 is 39.2 Å². The molecule has 1 amide bonds. The number of anilines is 1. The molecule has 1 atom stereocenters. The fourth-order valence-corrected chi connectivity index (χ4v) is 4.64. The van der Waals surface area contributed by atoms with Gasteiger partial charge in [-0.25, -0.2) is 17.2 Å². The van der Waals surface area contributed by atoms with Gasteiger partial charge < -0.3 is 10.1 Å². The molecule has 1 N–H and O–H groups in total. The van der Waals surface area contributed by atoms with E-state index in [2.05, 4.69) is 5.32 Å². The number of ether oxygens (including phenoxy) is 1. The number of para-hydroxylation sites is 1. The van der Waals surface area contributed by atoms with Gasteiger partial charge in [0.25, 0.3) is 0 Å². The minimum atomic E-state index is -3.79. The number of sulfonamides is 1. The molecule has 1 heterocycles. The predicted molar refractivity (Wildman–Crippen MR) is 99.5 cm³/mol. The van der Waals surface area contributed by atoms with Crippen LogP contribution in [0.4, 0.5) is 14.5 Å². The summed E-state index contributed by atoms with van der Waals surface area (Å²) in [6, 6.07) is 9.24. The first-order chi connectivity index (χ1) is 13.3. The second-order valence-electron chi connectivity index (χ2n) is 6.46. The lowest BCUT2D eigenvalue weighted by Crippen LogP contribution is -2.43. The van der Waals surface area contributed by atoms with Gasteiger partial charge in [0.2, 0.25) is 15.9 Å². The second-order valence-corrected chi connectivity index (χ2v) is 8.40. The van der Waals surface area contributed by atoms with E-state index >= 15 is 0 Å². The summed E-state index contributed by atoms with van der Waals surface area (Å²) in [6.07, 6.45) is 0.893. The highest BCUT2D eigenvalue weighted by Crippen LogP contribution is 2.27. The summed E-state index contributed by atoms with van der Waals surface area (Å²) < 4.78 is 59.5. The van der Waals surface area contributed by atoms with Crippen LogP contribution >= 0.6 is 0 Å². The van der Waals surface area contributed by atoms with Crippen molar-refractivity contribution >= 4 is 21.6 Å². The lowest BCUT2D eigenvalue weighted by Gasteiger charge is -2.31. The molecule has 0 unspecified atom stereocenters. The van der Waals surface area contributed by atoms with Crippen LogP contribution < -0.4 is 10.1 Å². The second kappa shape index (κ2) is 8.24. The highest BCUT2D eigenvalue weighted by molar-refractivity contribution is 7.89. The summed E-state index contributed by atoms with van der Waals surface area (Å²) in [7, 11) is -2.31. The Balaban J connectivity index is 1.75. The first kappa shape index (κ1) is 20.2. The molecule has 0 saturated carbocycles. The third kappa shape index (κ3) is 4.15. The molecule has 0 bridgehead atoms. The summed E-state index contributed by atoms with van der Waals surface area (Å²) in [5.74, 6) is -2.56. The van der Waals surface area contributed by atoms with Crippen LogP contribution in [0.2, 0.25) is 0 Å². The van der Waals surface area contributed by atoms with Crippen molar-refractivity contribution in [1.82, 2.24) is 4.31 Å². The van der Waals surface area contributed by atoms with E-state index in [0.29, 0.717) is 18.6 Å². The largest absolute Gasteiger partial charge is 0.497 e. The summed E-state index contributed by atoms with van der Waals surface area (Å²) in [5.41, 5.74) is -0.525. The van der Waals surface area contributed by atoms with Crippen molar-refractivity contribution in [1.29, 1.82) is 0 Å². The monoisotopic (exact) mass is 410 g/mol. The number of nitrogens with zero attached hydrogens (tertiary/aromatic N) is 1. The fourth-order valence-electron chi connectivity index (χ4n) is 3.11. The Morgan fingerprint density at radius 3 is 2.39 bits per heavy atom. The van der Waals surface area contributed by atoms with E-state index in [4.69, 9.17) is 4.74 Å². The maximum absolute atomic E-state index is 13.8. The molecule has 1 fully saturated rings. The number of methoxy groups -OCH3 is 1. The Kier molecular flexibility index (Phi) is 5.95. The zero-order valence-electron chi connectivity index (χ0n) is 15.2. The highest BCUT2D eigenvalue weighted by atomic mass is 32.2. The van der Waals surface area contributed by atoms with Crippen molar-refractivity contribution in [3.8, 4) is 5.75 Å². The van der Waals surface area contributed by atoms with Crippen molar-refractivity contribution in [2.75, 3.05) is 25.5 Å². The van der Waals surface area contributed by atoms with Gasteiger partial charge in [0.1, 0.15) is 23.1 Å². The van der Waals surface area contributed by atoms with Crippen LogP contribution in [0.25, 0.3) is 0 Å². The molecule has 1 saturated heterocycles. The molecule has 0 radical (unpaired) electrons. The van der Waals surface area contributed by atoms with Crippen LogP contribution in [0.3, 0.4) is 0 Å². The first-order valence-corrected chi connectivity index (χ1v) is 10.2. The molecule has 9 heteroatoms. The van der Waals surface area contributed by atoms with E-state index in [1.54, 1.807) is 12.1 Å². The van der Waals surface area contributed by atoms with Gasteiger partial charge in [-0.1, -0.05) is 6.07 Å². The zero-order chi connectivity index (χ0) is 20.3. The van der Waals surface area contributed by atoms with Crippen LogP contribution in [-0.4, -0.2) is 38.8 Å². The summed E-state index contributed by atoms with van der Waals surface area (Å²) in [4.78, 5) is 12.6. The van der Waals surface area contributed by atoms with Crippen molar-refractivity contribution in [3.05, 3.63) is 54.1 Å². The van der Waals surface area contributed by atoms with Crippen molar-refractivity contribution in [2.24, 2.45) is 5.92 Å². The van der Waals surface area contributed by atoms with Crippen LogP contribution in [0, 0.1) is 17.6 Å². The quantitative estimate of drug-likeness (QED) is 0.822. The lowest BCUT2D eigenvalue weighted by atomic mass is 9.98. The topological polar surface area (TPSA) is 75.7 Å². The van der Waals surface area contributed by atoms with Gasteiger partial charge in [-0.05, 0) is 49.2 Å². The number of amides is 1. The Morgan fingerprint density at radius 2 is 1.79 bits per heavy atom. The van der Waals surface area contributed by atoms with Crippen LogP contribution in [0.15, 0.2) is 47.4 Å². The number of hydrogen-bond donors (Lipinski definition) is 1. The molecule has 0 aliphatic carbocycles. The molecule has 6 nitrogen and oxygen atoms in total. The van der Waals surface area contributed by atoms with Gasteiger partial charge in [0.05, 0.1) is 17.9 Å². The highest BCUT2D eigenvalue weighted by Gasteiger charge is 2.33. The maximum Gasteiger partial charge on any atom is 0.243 e. The Labute approximate surface area is 162 Å². The molecular formula is C19H20F2N2O4S. The summed E-state index contributed by atoms with van der Waals surface area (Å²) in [5, 5.41) is 2.25. The number of benzene rings is 2. The minimum absolute atomic E-state index is 0.0593. The van der Waals surface area contributed by atoms with Gasteiger partial charge in [-0.15, -0.1) is 0 Å². The summed E-state index contributed by atoms with van der Waals surface area (Å²) >= 11 is 0. The van der Waals surface area contributed by atoms with Gasteiger partial charge in [0, 0.05) is 13.1 Å². The fraction of sp³-hybridized carbons (Fsp3) is 0.316. The third-order valence-corrected chi connectivity index (χ3v) is 6.54. The van der Waals surface area contributed by atoms with Crippen molar-refractivity contribution in [3.63, 3.8) is 0 Å². The smallest absolute Gasteiger partial charge is 0.243 e. The predicted octanol–water partition coefficient (Wildman–Crippen LogP) is 3.01. The number of piperidine rings is 1. The molecule has 3 rings (SSSR count). The van der Waals surface area contributed by atoms with E-state index in [-0.39, 0.29) is 18.0 Å². The van der Waals surface area contributed by atoms with Crippen LogP contribution in [0.1, 0.15) is 12.8 Å². The lowest BCUT2D eigenvalue weighted by molar-refractivity contribution is -0.120. The summed E-state index contributed by atoms with van der Waals surface area (Å²) in [6.45, 7) is 0.211. The average Bonchev–Trinajstić information content (AvgIpc) is 2.71. The normalized spacial score (nSPS) is 17.9. The van der Waals surface area contributed by atoms with E-state index in [9.17, 15) is 22.0 Å². The van der Waals surface area contributed by atoms with Gasteiger partial charge in [0.15, 0.2) is 0 Å². The molecule has 2 aromatic rings. The minimum Gasteiger partial charge on any atom is -0.497 e. The SMILES string of the molecule is COc1ccc(S(=O)(=O)N2CCC[C@H](C(=O)Nc3c(F)cccc3F)C2)cc1. The Morgan fingerprint density at radius 1 is 1.14 bits per heavy atom. The number of halogens is 2. The number of nitrogens with one attached hydrogen (secondary N) is 1. The molecule has 1 aliphatic rings. The van der Waals surface area contributed by atoms with E-state index in [1.165, 1.54) is 29.6 Å². The number of hydrogen-bond acceptors (Lipinski definition) is 4. The zero-order valence-corrected chi connectivity index (χ0v) is 16.0. The Hall–Kier alpha value is -2.52. The number of rotatable bonds is 5. The molecule has 28 heavy (non-hydrogen) atoms. The standard InChI is InChI=1S/C19H20F2N2O4S/c1-27-14-7-9-15(10-8-14)28(25,26)23-11-3-4-13(12-23)19(24)22-18-16(20)5-2-6-17(18)21/h2,5-10,13H,3-4,11-12H2,1H3,(H,22,24)/t13-/m0/s1. The van der Waals surface area contributed by atoms with Crippen molar-refractivity contribution in [2.45, 2.75) is 17.7 Å². The first-order valence-electron chi connectivity index (χ1n) is 8.72. The molecule has 0 aromatic heterocycles. The van der Waals surface area contributed by atoms with E-state index in [1.807, 2.05) is 0 Å². The van der Waals surface area contributed by atoms with Crippen LogP contribution in [-0.2, 0) is 14.8 Å². The maximum atomic E-state index is 13.8. The number of carbonyl (C=O) groups is 1. The molecule has 150 valence electrons. The van der Waals surface area contributed by atoms with Crippen LogP contribution in [0.5, 0.6) is 5.75 Å². The molecule has 2 aromatic carbocycles. The van der Waals surface area contributed by atoms with E-state index in [0.717, 1.165) is 12.1 Å². The van der Waals surface area contributed by atoms with Gasteiger partial charge in [-0.3, -0.25) is 4.79 Å². The Bertz CT molecular complexity index is 944. The molecule has 1 aliphatic heterocycles. The van der Waals surface area contributed by atoms with Gasteiger partial charge >= 0.3 is 0 Å². The average molecular weight is 410 g/mol. The van der Waals surface area contributed by atoms with Crippen molar-refractivity contribution < 1.29 is 26.7 Å². The molecule has 0 spiro atoms. The third-order valence-electron chi connectivity index (χ3n) is 4.66.